The monoisotopic (exact) mass is 481 g/mol. The second-order valence-electron chi connectivity index (χ2n) is 9.42. The van der Waals surface area contributed by atoms with Crippen molar-refractivity contribution in [3.63, 3.8) is 0 Å². The lowest BCUT2D eigenvalue weighted by atomic mass is 9.97. The van der Waals surface area contributed by atoms with Crippen LogP contribution in [0.5, 0.6) is 11.5 Å². The number of carbonyl (C=O) groups is 1. The fourth-order valence-electron chi connectivity index (χ4n) is 4.77. The Morgan fingerprint density at radius 3 is 2.69 bits per heavy atom. The Kier molecular flexibility index (Phi) is 6.23. The van der Waals surface area contributed by atoms with Gasteiger partial charge in [0.2, 0.25) is 5.76 Å². The van der Waals surface area contributed by atoms with Crippen LogP contribution in [-0.2, 0) is 4.74 Å². The minimum Gasteiger partial charge on any atom is -0.493 e. The van der Waals surface area contributed by atoms with Gasteiger partial charge in [-0.2, -0.15) is 0 Å². The van der Waals surface area contributed by atoms with E-state index < -0.39 is 17.3 Å². The molecule has 3 heterocycles. The summed E-state index contributed by atoms with van der Waals surface area (Å²) in [6.45, 7) is 5.58. The molecule has 0 radical (unpaired) electrons. The van der Waals surface area contributed by atoms with Crippen LogP contribution < -0.4 is 14.9 Å². The van der Waals surface area contributed by atoms with Crippen LogP contribution >= 0.6 is 0 Å². The average molecular weight is 482 g/mol. The first-order valence-corrected chi connectivity index (χ1v) is 11.9. The predicted octanol–water partition coefficient (Wildman–Crippen LogP) is 4.70. The van der Waals surface area contributed by atoms with Crippen LogP contribution in [0.2, 0.25) is 0 Å². The highest BCUT2D eigenvalue weighted by atomic mass is 19.1. The van der Waals surface area contributed by atoms with Crippen molar-refractivity contribution in [2.75, 3.05) is 26.9 Å². The molecule has 35 heavy (non-hydrogen) atoms. The molecule has 2 aromatic carbocycles. The minimum absolute atomic E-state index is 0.0174. The van der Waals surface area contributed by atoms with Crippen molar-refractivity contribution < 1.29 is 27.8 Å². The number of hydrogen-bond donors (Lipinski definition) is 0. The van der Waals surface area contributed by atoms with Gasteiger partial charge in [-0.3, -0.25) is 9.59 Å². The molecule has 0 N–H and O–H groups in total. The number of benzene rings is 2. The van der Waals surface area contributed by atoms with Gasteiger partial charge in [-0.15, -0.1) is 0 Å². The molecular formula is C27H28FNO6. The molecule has 1 amide bonds. The van der Waals surface area contributed by atoms with Crippen LogP contribution in [-0.4, -0.2) is 43.8 Å². The van der Waals surface area contributed by atoms with E-state index >= 15 is 0 Å². The smallest absolute Gasteiger partial charge is 0.291 e. The summed E-state index contributed by atoms with van der Waals surface area (Å²) in [6.07, 6.45) is 1.61. The van der Waals surface area contributed by atoms with E-state index in [4.69, 9.17) is 18.6 Å². The van der Waals surface area contributed by atoms with Crippen molar-refractivity contribution in [2.24, 2.45) is 5.92 Å². The Bertz CT molecular complexity index is 1330. The molecule has 0 aliphatic carbocycles. The number of fused-ring (bicyclic) bond motifs is 2. The van der Waals surface area contributed by atoms with Gasteiger partial charge in [-0.25, -0.2) is 4.39 Å². The zero-order chi connectivity index (χ0) is 24.7. The van der Waals surface area contributed by atoms with Gasteiger partial charge in [-0.05, 0) is 54.7 Å². The summed E-state index contributed by atoms with van der Waals surface area (Å²) in [5, 5.41) is 0.101. The summed E-state index contributed by atoms with van der Waals surface area (Å²) in [6, 6.07) is 8.39. The quantitative estimate of drug-likeness (QED) is 0.487. The fourth-order valence-corrected chi connectivity index (χ4v) is 4.77. The van der Waals surface area contributed by atoms with E-state index in [2.05, 4.69) is 13.8 Å². The van der Waals surface area contributed by atoms with E-state index in [-0.39, 0.29) is 34.3 Å². The first-order chi connectivity index (χ1) is 16.9. The summed E-state index contributed by atoms with van der Waals surface area (Å²) in [5.74, 6) is 0.457. The molecular weight excluding hydrogens is 453 g/mol. The van der Waals surface area contributed by atoms with Crippen LogP contribution in [0.3, 0.4) is 0 Å². The number of ether oxygens (including phenoxy) is 3. The molecule has 8 heteroatoms. The lowest BCUT2D eigenvalue weighted by Crippen LogP contribution is -2.36. The number of hydrogen-bond acceptors (Lipinski definition) is 6. The maximum Gasteiger partial charge on any atom is 0.291 e. The van der Waals surface area contributed by atoms with Crippen LogP contribution in [0.1, 0.15) is 54.4 Å². The normalized spacial score (nSPS) is 19.6. The van der Waals surface area contributed by atoms with Crippen molar-refractivity contribution >= 4 is 16.9 Å². The van der Waals surface area contributed by atoms with Crippen LogP contribution in [0.15, 0.2) is 45.6 Å². The van der Waals surface area contributed by atoms with E-state index in [9.17, 15) is 14.0 Å². The first kappa shape index (κ1) is 23.4. The van der Waals surface area contributed by atoms with Gasteiger partial charge < -0.3 is 23.5 Å². The molecule has 1 aromatic heterocycles. The molecule has 0 bridgehead atoms. The third kappa shape index (κ3) is 4.27. The molecule has 2 atom stereocenters. The lowest BCUT2D eigenvalue weighted by molar-refractivity contribution is 0.0486. The van der Waals surface area contributed by atoms with Crippen molar-refractivity contribution in [2.45, 2.75) is 38.8 Å². The van der Waals surface area contributed by atoms with Gasteiger partial charge in [0.1, 0.15) is 11.4 Å². The third-order valence-corrected chi connectivity index (χ3v) is 6.43. The van der Waals surface area contributed by atoms with Crippen molar-refractivity contribution in [1.82, 2.24) is 4.90 Å². The molecule has 0 spiro atoms. The Labute approximate surface area is 202 Å². The van der Waals surface area contributed by atoms with Gasteiger partial charge in [0.05, 0.1) is 36.8 Å². The molecule has 1 fully saturated rings. The maximum absolute atomic E-state index is 14.0. The Hall–Kier alpha value is -3.39. The zero-order valence-corrected chi connectivity index (χ0v) is 20.0. The highest BCUT2D eigenvalue weighted by Crippen LogP contribution is 2.41. The number of halogens is 1. The van der Waals surface area contributed by atoms with Crippen LogP contribution in [0.4, 0.5) is 4.39 Å². The van der Waals surface area contributed by atoms with Gasteiger partial charge in [0, 0.05) is 13.2 Å². The van der Waals surface area contributed by atoms with Crippen LogP contribution in [0, 0.1) is 11.7 Å². The van der Waals surface area contributed by atoms with Crippen molar-refractivity contribution in [1.29, 1.82) is 0 Å². The molecule has 2 aliphatic heterocycles. The highest BCUT2D eigenvalue weighted by molar-refractivity contribution is 5.99. The molecule has 5 rings (SSSR count). The summed E-state index contributed by atoms with van der Waals surface area (Å²) in [7, 11) is 1.55. The lowest BCUT2D eigenvalue weighted by Gasteiger charge is -2.28. The van der Waals surface area contributed by atoms with Gasteiger partial charge in [0.25, 0.3) is 5.91 Å². The minimum atomic E-state index is -0.723. The second kappa shape index (κ2) is 9.34. The Morgan fingerprint density at radius 2 is 1.97 bits per heavy atom. The Morgan fingerprint density at radius 1 is 1.14 bits per heavy atom. The van der Waals surface area contributed by atoms with Gasteiger partial charge >= 0.3 is 0 Å². The molecule has 0 unspecified atom stereocenters. The van der Waals surface area contributed by atoms with Gasteiger partial charge in [-0.1, -0.05) is 19.9 Å². The summed E-state index contributed by atoms with van der Waals surface area (Å²) in [5.41, 5.74) is 0.625. The van der Waals surface area contributed by atoms with Gasteiger partial charge in [0.15, 0.2) is 16.9 Å². The summed E-state index contributed by atoms with van der Waals surface area (Å²) in [4.78, 5) is 28.7. The highest BCUT2D eigenvalue weighted by Gasteiger charge is 2.44. The predicted molar refractivity (Wildman–Crippen MR) is 128 cm³/mol. The van der Waals surface area contributed by atoms with Crippen LogP contribution in [0.25, 0.3) is 11.0 Å². The van der Waals surface area contributed by atoms with E-state index in [0.29, 0.717) is 42.7 Å². The maximum atomic E-state index is 14.0. The molecule has 1 saturated heterocycles. The standard InChI is InChI=1S/C27H28FNO6/c1-15(2)14-34-21-8-6-16(11-22(21)32-3)24-23-25(30)19-12-17(28)7-9-20(19)35-26(23)27(31)29(24)13-18-5-4-10-33-18/h6-9,11-12,15,18,24H,4-5,10,13-14H2,1-3H3/t18-,24+/m1/s1. The van der Waals surface area contributed by atoms with E-state index in [1.807, 2.05) is 6.07 Å². The van der Waals surface area contributed by atoms with E-state index in [1.54, 1.807) is 24.1 Å². The fraction of sp³-hybridized carbons (Fsp3) is 0.407. The number of amides is 1. The summed E-state index contributed by atoms with van der Waals surface area (Å²) >= 11 is 0. The zero-order valence-electron chi connectivity index (χ0n) is 20.0. The summed E-state index contributed by atoms with van der Waals surface area (Å²) < 4.78 is 37.1. The average Bonchev–Trinajstić information content (AvgIpc) is 3.45. The Balaban J connectivity index is 1.64. The first-order valence-electron chi connectivity index (χ1n) is 11.9. The molecule has 2 aliphatic rings. The SMILES string of the molecule is COc1cc([C@H]2c3c(oc4ccc(F)cc4c3=O)C(=O)N2C[C@H]2CCCO2)ccc1OCC(C)C. The number of methoxy groups -OCH3 is 1. The molecule has 3 aromatic rings. The molecule has 184 valence electrons. The van der Waals surface area contributed by atoms with E-state index in [0.717, 1.165) is 18.9 Å². The van der Waals surface area contributed by atoms with E-state index in [1.165, 1.54) is 12.1 Å². The second-order valence-corrected chi connectivity index (χ2v) is 9.42. The van der Waals surface area contributed by atoms with Crippen molar-refractivity contribution in [3.8, 4) is 11.5 Å². The van der Waals surface area contributed by atoms with Crippen molar-refractivity contribution in [3.05, 3.63) is 69.3 Å². The topological polar surface area (TPSA) is 78.2 Å². The largest absolute Gasteiger partial charge is 0.493 e. The number of rotatable bonds is 7. The number of nitrogens with zero attached hydrogens (tertiary/aromatic N) is 1. The molecule has 7 nitrogen and oxygen atoms in total. The molecule has 0 saturated carbocycles. The number of carbonyl (C=O) groups excluding carboxylic acids is 1. The third-order valence-electron chi connectivity index (χ3n) is 6.43.